The molecule has 0 amide bonds. The fraction of sp³-hybridized carbons (Fsp3) is 0.500. The van der Waals surface area contributed by atoms with Crippen LogP contribution >= 0.6 is 0 Å². The number of carboxylic acid groups (broad SMARTS) is 1. The van der Waals surface area contributed by atoms with Gasteiger partial charge >= 0.3 is 5.97 Å². The molecular formula is C4H12N6O11. The molecule has 0 heterocycles. The minimum Gasteiger partial charge on any atom is -0.480 e. The fourth-order valence-corrected chi connectivity index (χ4v) is 0.288. The molecule has 0 aromatic heterocycles. The van der Waals surface area contributed by atoms with Gasteiger partial charge in [-0.25, -0.2) is 0 Å². The lowest BCUT2D eigenvalue weighted by Crippen LogP contribution is -2.36. The van der Waals surface area contributed by atoms with Crippen molar-refractivity contribution in [1.82, 2.24) is 4.90 Å². The molecule has 0 aromatic carbocycles. The summed E-state index contributed by atoms with van der Waals surface area (Å²) in [4.78, 5) is 36.1. The van der Waals surface area contributed by atoms with E-state index < -0.39 is 21.2 Å². The molecule has 0 radical (unpaired) electrons. The van der Waals surface area contributed by atoms with Crippen LogP contribution in [0.3, 0.4) is 0 Å². The van der Waals surface area contributed by atoms with Crippen LogP contribution in [-0.2, 0) is 4.79 Å². The Morgan fingerprint density at radius 3 is 1.33 bits per heavy atom. The van der Waals surface area contributed by atoms with Gasteiger partial charge in [-0.2, -0.15) is 0 Å². The second-order valence-corrected chi connectivity index (χ2v) is 2.35. The van der Waals surface area contributed by atoms with E-state index in [4.69, 9.17) is 62.2 Å². The monoisotopic (exact) mass is 320 g/mol. The molecule has 0 bridgehead atoms. The number of carbonyl (C=O) groups is 1. The molecule has 17 nitrogen and oxygen atoms in total. The van der Waals surface area contributed by atoms with Gasteiger partial charge in [0.15, 0.2) is 5.96 Å². The Morgan fingerprint density at radius 1 is 1.10 bits per heavy atom. The van der Waals surface area contributed by atoms with Crippen molar-refractivity contribution in [2.24, 2.45) is 5.73 Å². The van der Waals surface area contributed by atoms with Gasteiger partial charge in [-0.3, -0.25) is 10.2 Å². The molecule has 0 unspecified atom stereocenters. The fourth-order valence-electron chi connectivity index (χ4n) is 0.288. The Bertz CT molecular complexity index is 316. The number of rotatable bonds is 2. The van der Waals surface area contributed by atoms with E-state index in [-0.39, 0.29) is 12.5 Å². The third kappa shape index (κ3) is 178. The summed E-state index contributed by atoms with van der Waals surface area (Å²) in [6.45, 7) is -0.227. The van der Waals surface area contributed by atoms with Crippen molar-refractivity contribution in [3.8, 4) is 0 Å². The Labute approximate surface area is 114 Å². The standard InChI is InChI=1S/C4H9N3O2.3HNO3/c1-7(4(5)6)2-3(8)9;3*2-1(3)4/h2H2,1H3,(H3,5,6)(H,8,9);3*(H,2,3,4). The summed E-state index contributed by atoms with van der Waals surface area (Å²) < 4.78 is 0. The zero-order valence-corrected chi connectivity index (χ0v) is 10.2. The summed E-state index contributed by atoms with van der Waals surface area (Å²) in [5, 5.41) is 55.8. The number of carboxylic acids is 1. The summed E-state index contributed by atoms with van der Waals surface area (Å²) in [7, 11) is 1.44. The highest BCUT2D eigenvalue weighted by Gasteiger charge is 2.03. The van der Waals surface area contributed by atoms with Crippen LogP contribution in [0.15, 0.2) is 0 Å². The SMILES string of the molecule is CN(CC(=O)O)C(=N)N.O=[N+]([O-])O.O=[N+]([O-])O.O=[N+]([O-])O. The van der Waals surface area contributed by atoms with Gasteiger partial charge in [0, 0.05) is 7.05 Å². The van der Waals surface area contributed by atoms with Gasteiger partial charge in [-0.05, 0) is 0 Å². The average molecular weight is 320 g/mol. The van der Waals surface area contributed by atoms with Gasteiger partial charge < -0.3 is 31.4 Å². The maximum absolute atomic E-state index is 9.92. The van der Waals surface area contributed by atoms with E-state index in [0.29, 0.717) is 0 Å². The van der Waals surface area contributed by atoms with Gasteiger partial charge in [-0.1, -0.05) is 0 Å². The van der Waals surface area contributed by atoms with Crippen molar-refractivity contribution >= 4 is 11.9 Å². The second-order valence-electron chi connectivity index (χ2n) is 2.35. The Hall–Kier alpha value is -3.66. The molecule has 0 aromatic rings. The quantitative estimate of drug-likeness (QED) is 0.137. The number of aliphatic carboxylic acids is 1. The zero-order valence-electron chi connectivity index (χ0n) is 10.2. The number of guanidine groups is 1. The van der Waals surface area contributed by atoms with E-state index in [1.807, 2.05) is 0 Å². The third-order valence-electron chi connectivity index (χ3n) is 0.784. The number of hydrogen-bond donors (Lipinski definition) is 6. The predicted octanol–water partition coefficient (Wildman–Crippen LogP) is -2.15. The van der Waals surface area contributed by atoms with Gasteiger partial charge in [0.2, 0.25) is 0 Å². The van der Waals surface area contributed by atoms with Gasteiger partial charge in [-0.15, -0.1) is 30.3 Å². The third-order valence-corrected chi connectivity index (χ3v) is 0.784. The van der Waals surface area contributed by atoms with E-state index in [1.165, 1.54) is 7.05 Å². The predicted molar refractivity (Wildman–Crippen MR) is 58.5 cm³/mol. The number of likely N-dealkylation sites (N-methyl/N-ethyl adjacent to an activating group) is 1. The molecule has 124 valence electrons. The summed E-state index contributed by atoms with van der Waals surface area (Å²) in [5.41, 5.74) is 4.93. The highest BCUT2D eigenvalue weighted by atomic mass is 16.9. The smallest absolute Gasteiger partial charge is 0.323 e. The van der Waals surface area contributed by atoms with Crippen LogP contribution in [0.5, 0.6) is 0 Å². The molecule has 0 atom stereocenters. The number of nitrogens with one attached hydrogen (secondary N) is 1. The second kappa shape index (κ2) is 16.3. The van der Waals surface area contributed by atoms with Gasteiger partial charge in [0.1, 0.15) is 6.54 Å². The van der Waals surface area contributed by atoms with Crippen LogP contribution in [0.4, 0.5) is 0 Å². The normalized spacial score (nSPS) is 7.10. The molecule has 0 spiro atoms. The Balaban J connectivity index is -0.000000102. The first kappa shape index (κ1) is 26.0. The summed E-state index contributed by atoms with van der Waals surface area (Å²) >= 11 is 0. The van der Waals surface area contributed by atoms with Crippen molar-refractivity contribution in [2.75, 3.05) is 13.6 Å². The topological polar surface area (TPSA) is 281 Å². The molecule has 21 heavy (non-hydrogen) atoms. The van der Waals surface area contributed by atoms with Crippen LogP contribution in [0.25, 0.3) is 0 Å². The number of nitrogens with two attached hydrogens (primary N) is 1. The molecule has 0 aliphatic heterocycles. The Kier molecular flexibility index (Phi) is 20.2. The van der Waals surface area contributed by atoms with Crippen molar-refractivity contribution in [3.05, 3.63) is 30.3 Å². The maximum atomic E-state index is 9.92. The first-order valence-electron chi connectivity index (χ1n) is 4.00. The van der Waals surface area contributed by atoms with E-state index in [1.54, 1.807) is 0 Å². The van der Waals surface area contributed by atoms with E-state index in [0.717, 1.165) is 4.90 Å². The first-order chi connectivity index (χ1) is 9.23. The molecule has 0 saturated carbocycles. The largest absolute Gasteiger partial charge is 0.480 e. The molecule has 0 aliphatic rings. The molecule has 0 aliphatic carbocycles. The number of hydrogen-bond acceptors (Lipinski definition) is 8. The first-order valence-corrected chi connectivity index (χ1v) is 4.00. The highest BCUT2D eigenvalue weighted by Crippen LogP contribution is 1.76. The summed E-state index contributed by atoms with van der Waals surface area (Å²) in [5.74, 6) is -1.23. The van der Waals surface area contributed by atoms with Gasteiger partial charge in [0.25, 0.3) is 15.3 Å². The highest BCUT2D eigenvalue weighted by molar-refractivity contribution is 5.79. The molecule has 17 heteroatoms. The maximum Gasteiger partial charge on any atom is 0.323 e. The van der Waals surface area contributed by atoms with Crippen molar-refractivity contribution in [1.29, 1.82) is 5.41 Å². The van der Waals surface area contributed by atoms with Crippen molar-refractivity contribution < 1.29 is 40.8 Å². The molecular weight excluding hydrogens is 308 g/mol. The van der Waals surface area contributed by atoms with Crippen LogP contribution in [0.1, 0.15) is 0 Å². The van der Waals surface area contributed by atoms with Crippen molar-refractivity contribution in [2.45, 2.75) is 0 Å². The molecule has 0 saturated heterocycles. The molecule has 0 rings (SSSR count). The van der Waals surface area contributed by atoms with Crippen LogP contribution in [-0.4, -0.2) is 66.4 Å². The van der Waals surface area contributed by atoms with Crippen LogP contribution in [0, 0.1) is 35.8 Å². The summed E-state index contributed by atoms with van der Waals surface area (Å²) in [6.07, 6.45) is 0. The van der Waals surface area contributed by atoms with Crippen LogP contribution in [0.2, 0.25) is 0 Å². The average Bonchev–Trinajstić information content (AvgIpc) is 2.12. The lowest BCUT2D eigenvalue weighted by Gasteiger charge is -2.12. The van der Waals surface area contributed by atoms with Crippen molar-refractivity contribution in [3.63, 3.8) is 0 Å². The summed E-state index contributed by atoms with van der Waals surface area (Å²) in [6, 6.07) is 0. The van der Waals surface area contributed by atoms with E-state index >= 15 is 0 Å². The molecule has 0 fully saturated rings. The van der Waals surface area contributed by atoms with Crippen LogP contribution < -0.4 is 5.73 Å². The number of nitrogens with zero attached hydrogens (tertiary/aromatic N) is 4. The zero-order chi connectivity index (χ0) is 18.2. The minimum absolute atomic E-state index is 0.227. The van der Waals surface area contributed by atoms with E-state index in [2.05, 4.69) is 0 Å². The lowest BCUT2D eigenvalue weighted by molar-refractivity contribution is -0.742. The van der Waals surface area contributed by atoms with E-state index in [9.17, 15) is 4.79 Å². The van der Waals surface area contributed by atoms with Gasteiger partial charge in [0.05, 0.1) is 0 Å². The minimum atomic E-state index is -1.50. The molecule has 7 N–H and O–H groups in total. The Morgan fingerprint density at radius 2 is 1.29 bits per heavy atom. The lowest BCUT2D eigenvalue weighted by atomic mass is 10.6.